The van der Waals surface area contributed by atoms with Crippen LogP contribution in [0, 0.1) is 2.88 Å². The molecule has 5 saturated heterocycles. The number of aromatic nitrogens is 10. The van der Waals surface area contributed by atoms with E-state index in [2.05, 4.69) is 141 Å². The van der Waals surface area contributed by atoms with E-state index in [4.69, 9.17) is 77.5 Å². The molecule has 104 heavy (non-hydrogen) atoms. The van der Waals surface area contributed by atoms with Crippen molar-refractivity contribution in [3.05, 3.63) is 147 Å². The quantitative estimate of drug-likeness (QED) is 0.0814. The highest BCUT2D eigenvalue weighted by Crippen LogP contribution is 2.42. The molecule has 4 N–H and O–H groups in total. The van der Waals surface area contributed by atoms with Gasteiger partial charge in [-0.15, -0.1) is 34.0 Å². The van der Waals surface area contributed by atoms with Crippen molar-refractivity contribution in [3.63, 3.8) is 0 Å². The maximum absolute atomic E-state index is 6.12. The highest BCUT2D eigenvalue weighted by atomic mass is 127. The Morgan fingerprint density at radius 3 is 1.12 bits per heavy atom. The van der Waals surface area contributed by atoms with Gasteiger partial charge in [0.1, 0.15) is 0 Å². The molecule has 5 aliphatic heterocycles. The van der Waals surface area contributed by atoms with Crippen LogP contribution in [-0.4, -0.2) is 165 Å². The summed E-state index contributed by atoms with van der Waals surface area (Å²) in [7, 11) is -0.665. The van der Waals surface area contributed by atoms with Crippen molar-refractivity contribution in [3.8, 4) is 32.3 Å². The van der Waals surface area contributed by atoms with Gasteiger partial charge in [0, 0.05) is 79.3 Å². The predicted molar refractivity (Wildman–Crippen MR) is 439 cm³/mol. The van der Waals surface area contributed by atoms with E-state index < -0.39 is 7.12 Å². The van der Waals surface area contributed by atoms with Crippen LogP contribution in [0.1, 0.15) is 96.9 Å². The summed E-state index contributed by atoms with van der Waals surface area (Å²) in [6.07, 6.45) is 6.59. The molecule has 8 aromatic heterocycles. The first kappa shape index (κ1) is 81.2. The Hall–Kier alpha value is -6.90. The van der Waals surface area contributed by atoms with E-state index in [0.29, 0.717) is 29.6 Å². The third kappa shape index (κ3) is 20.4. The van der Waals surface area contributed by atoms with Gasteiger partial charge in [-0.2, -0.15) is 9.97 Å². The molecule has 0 spiro atoms. The van der Waals surface area contributed by atoms with E-state index in [-0.39, 0.29) is 41.4 Å². The summed E-state index contributed by atoms with van der Waals surface area (Å²) in [5.41, 5.74) is 17.6. The second kappa shape index (κ2) is 37.6. The number of thiophene rings is 3. The van der Waals surface area contributed by atoms with Gasteiger partial charge in [0.2, 0.25) is 22.5 Å². The average molecular weight is 1620 g/mol. The van der Waals surface area contributed by atoms with Gasteiger partial charge in [-0.3, -0.25) is 0 Å². The number of halogens is 3. The predicted octanol–water partition coefficient (Wildman–Crippen LogP) is 15.3. The molecule has 5 fully saturated rings. The van der Waals surface area contributed by atoms with Crippen LogP contribution in [0.5, 0.6) is 0 Å². The monoisotopic (exact) mass is 1620 g/mol. The first-order valence-electron chi connectivity index (χ1n) is 35.0. The van der Waals surface area contributed by atoms with Crippen molar-refractivity contribution in [2.75, 3.05) is 105 Å². The summed E-state index contributed by atoms with van der Waals surface area (Å²) in [5, 5.41) is 0.611. The molecule has 0 bridgehead atoms. The van der Waals surface area contributed by atoms with Crippen molar-refractivity contribution in [1.82, 2.24) is 49.8 Å². The van der Waals surface area contributed by atoms with Crippen LogP contribution in [0.2, 0.25) is 10.6 Å². The first-order chi connectivity index (χ1) is 50.1. The van der Waals surface area contributed by atoms with Crippen molar-refractivity contribution < 1.29 is 32.8 Å². The van der Waals surface area contributed by atoms with Gasteiger partial charge in [0.25, 0.3) is 0 Å². The molecule has 0 radical (unpaired) electrons. The first-order valence-corrected chi connectivity index (χ1v) is 39.3. The molecule has 3 aromatic carbocycles. The Morgan fingerprint density at radius 1 is 0.404 bits per heavy atom. The van der Waals surface area contributed by atoms with E-state index in [9.17, 15) is 0 Å². The summed E-state index contributed by atoms with van der Waals surface area (Å²) in [4.78, 5) is 52.2. The molecule has 0 saturated carbocycles. The maximum Gasteiger partial charge on any atom is 0.498 e. The molecule has 16 rings (SSSR count). The number of nitrogen functional groups attached to an aromatic ring is 2. The van der Waals surface area contributed by atoms with Gasteiger partial charge in [-0.05, 0) is 136 Å². The Bertz CT molecular complexity index is 4450. The Kier molecular flexibility index (Phi) is 29.3. The fraction of sp³-hybridized carbons (Fsp3) is 0.405. The van der Waals surface area contributed by atoms with Gasteiger partial charge in [-0.1, -0.05) is 133 Å². The second-order valence-electron chi connectivity index (χ2n) is 25.2. The smallest absolute Gasteiger partial charge is 0.399 e. The zero-order valence-electron chi connectivity index (χ0n) is 61.5. The third-order valence-corrected chi connectivity index (χ3v) is 22.1. The average Bonchev–Trinajstić information content (AvgIpc) is 1.66. The minimum Gasteiger partial charge on any atom is -0.399 e. The number of morpholine rings is 3. The third-order valence-electron chi connectivity index (χ3n) is 17.5. The van der Waals surface area contributed by atoms with Gasteiger partial charge in [0.15, 0.2) is 23.3 Å². The fourth-order valence-corrected chi connectivity index (χ4v) is 15.1. The Balaban J connectivity index is 0.000000151. The number of nitrogens with two attached hydrogens (primary N) is 2. The molecule has 5 aliphatic rings. The van der Waals surface area contributed by atoms with E-state index in [1.165, 1.54) is 23.8 Å². The minimum absolute atomic E-state index is 0.236. The Labute approximate surface area is 646 Å². The topological polar surface area (TPSA) is 255 Å². The Morgan fingerprint density at radius 2 is 0.731 bits per heavy atom. The number of nitrogens with zero attached hydrogens (tertiary/aromatic N) is 13. The zero-order valence-corrected chi connectivity index (χ0v) is 67.6. The SMILES string of the molecule is CC.CC.CC.CC1(C)OB(c2ccccc2)OC1(C)C.CC1(C)OB(c2cnc(N)nc2)OC1(C)C.Clc1nc(N2CCOCC2)c2sc(-c3ccccc3)cc2n1.Clc1nc(N2CCOCC2)c2sc(I)cc2n1.Nc1ncc(-c2nc(N3CCOCC3)c3sc(-c4ccccc4)cc3n2)cn1. The lowest BCUT2D eigenvalue weighted by atomic mass is 9.79. The molecule has 11 aromatic rings. The van der Waals surface area contributed by atoms with Crippen LogP contribution in [-0.2, 0) is 32.8 Å². The van der Waals surface area contributed by atoms with Crippen LogP contribution < -0.4 is 37.1 Å². The summed E-state index contributed by atoms with van der Waals surface area (Å²) in [5.74, 6) is 3.89. The van der Waals surface area contributed by atoms with Crippen LogP contribution in [0.25, 0.3) is 62.9 Å². The number of anilines is 5. The molecule has 22 nitrogen and oxygen atoms in total. The summed E-state index contributed by atoms with van der Waals surface area (Å²) < 4.78 is 44.3. The molecule has 0 aliphatic carbocycles. The molecule has 0 unspecified atom stereocenters. The zero-order chi connectivity index (χ0) is 74.8. The normalized spacial score (nSPS) is 16.8. The van der Waals surface area contributed by atoms with Crippen LogP contribution in [0.4, 0.5) is 29.4 Å². The molecule has 550 valence electrons. The molecular formula is C74H92B2Cl2IN15O7S3. The number of hydrogen-bond donors (Lipinski definition) is 2. The molecule has 0 atom stereocenters. The second-order valence-corrected chi connectivity index (χ2v) is 31.0. The van der Waals surface area contributed by atoms with E-state index >= 15 is 0 Å². The number of hydrogen-bond acceptors (Lipinski definition) is 25. The minimum atomic E-state index is -0.425. The van der Waals surface area contributed by atoms with E-state index in [1.807, 2.05) is 142 Å². The van der Waals surface area contributed by atoms with Gasteiger partial charge >= 0.3 is 14.2 Å². The van der Waals surface area contributed by atoms with Gasteiger partial charge in [-0.25, -0.2) is 39.9 Å². The molecule has 13 heterocycles. The van der Waals surface area contributed by atoms with Crippen molar-refractivity contribution in [1.29, 1.82) is 0 Å². The largest absolute Gasteiger partial charge is 0.498 e. The van der Waals surface area contributed by atoms with Crippen LogP contribution in [0.15, 0.2) is 134 Å². The highest BCUT2D eigenvalue weighted by molar-refractivity contribution is 14.1. The standard InChI is InChI=1S/C20H18N6OS.C16H14ClN3OS.C12H17BO2.C10H16BN3O2.C10H9ClIN3OS.3C2H6/c21-20-22-11-14(12-23-20)18-24-15-10-16(13-4-2-1-3-5-13)28-17(15)19(25-18)26-6-8-27-9-7-26;17-16-18-12-10-13(11-4-2-1-3-5-11)22-14(12)15(19-16)20-6-8-21-9-7-20;1-11(2)12(3,4)15-13(14-11)10-8-6-5-7-9-10;1-9(2)10(3,4)16-11(15-9)7-5-13-8(12)14-6-7;11-10-13-6-5-7(12)17-8(6)9(14-10)15-1-3-16-4-2-15;3*1-2/h1-5,10-12H,6-9H2,(H2,21,22,23);1-5,10H,6-9H2;5-9H,1-4H3;5-6H,1-4H3,(H2,12,13,14);5H,1-4H2;3*1-2H3. The summed E-state index contributed by atoms with van der Waals surface area (Å²) in [6.45, 7) is 37.6. The van der Waals surface area contributed by atoms with Crippen LogP contribution in [0.3, 0.4) is 0 Å². The fourth-order valence-electron chi connectivity index (χ4n) is 10.7. The van der Waals surface area contributed by atoms with E-state index in [0.717, 1.165) is 130 Å². The lowest BCUT2D eigenvalue weighted by Crippen LogP contribution is -2.41. The van der Waals surface area contributed by atoms with Gasteiger partial charge in [0.05, 0.1) is 101 Å². The number of ether oxygens (including phenoxy) is 3. The molecular weight excluding hydrogens is 1530 g/mol. The molecule has 0 amide bonds. The number of fused-ring (bicyclic) bond motifs is 3. The van der Waals surface area contributed by atoms with Crippen molar-refractivity contribution >= 4 is 165 Å². The molecule has 30 heteroatoms. The summed E-state index contributed by atoms with van der Waals surface area (Å²) >= 11 is 19.5. The summed E-state index contributed by atoms with van der Waals surface area (Å²) in [6, 6.07) is 37.0. The van der Waals surface area contributed by atoms with E-state index in [1.54, 1.807) is 58.8 Å². The van der Waals surface area contributed by atoms with Crippen LogP contribution >= 0.6 is 79.8 Å². The maximum atomic E-state index is 6.12. The highest BCUT2D eigenvalue weighted by Gasteiger charge is 2.53. The number of rotatable bonds is 8. The number of benzene rings is 3. The van der Waals surface area contributed by atoms with Gasteiger partial charge < -0.3 is 59.0 Å². The lowest BCUT2D eigenvalue weighted by Gasteiger charge is -2.32. The van der Waals surface area contributed by atoms with Crippen molar-refractivity contribution in [2.45, 2.75) is 119 Å². The lowest BCUT2D eigenvalue weighted by molar-refractivity contribution is 0.00578. The van der Waals surface area contributed by atoms with Crippen molar-refractivity contribution in [2.24, 2.45) is 0 Å².